The Morgan fingerprint density at radius 3 is 2.74 bits per heavy atom. The molecule has 2 aromatic carbocycles. The van der Waals surface area contributed by atoms with Crippen molar-refractivity contribution in [1.29, 1.82) is 0 Å². The zero-order valence-corrected chi connectivity index (χ0v) is 12.7. The number of hydrogen-bond acceptors (Lipinski definition) is 3. The van der Waals surface area contributed by atoms with E-state index in [0.717, 1.165) is 14.9 Å². The zero-order valence-electron chi connectivity index (χ0n) is 10.5. The summed E-state index contributed by atoms with van der Waals surface area (Å²) in [6.45, 7) is 2.63. The van der Waals surface area contributed by atoms with Gasteiger partial charge in [-0.05, 0) is 64.4 Å². The third-order valence-electron chi connectivity index (χ3n) is 2.81. The molecule has 0 saturated carbocycles. The summed E-state index contributed by atoms with van der Waals surface area (Å²) in [6, 6.07) is 13.8. The first-order chi connectivity index (χ1) is 9.20. The minimum absolute atomic E-state index is 0.552. The number of benzene rings is 2. The predicted octanol–water partition coefficient (Wildman–Crippen LogP) is 3.99. The molecule has 4 heteroatoms. The molecule has 3 nitrogen and oxygen atoms in total. The molecule has 98 valence electrons. The molecule has 0 aliphatic rings. The molecule has 0 heterocycles. The van der Waals surface area contributed by atoms with Crippen LogP contribution in [0.2, 0.25) is 0 Å². The van der Waals surface area contributed by atoms with Crippen molar-refractivity contribution in [2.45, 2.75) is 13.5 Å². The van der Waals surface area contributed by atoms with Crippen LogP contribution in [0.3, 0.4) is 0 Å². The van der Waals surface area contributed by atoms with Crippen LogP contribution in [0.5, 0.6) is 5.75 Å². The van der Waals surface area contributed by atoms with Crippen LogP contribution < -0.4 is 4.74 Å². The second-order valence-electron chi connectivity index (χ2n) is 4.15. The quantitative estimate of drug-likeness (QED) is 0.384. The molecule has 0 saturated heterocycles. The average molecular weight is 367 g/mol. The van der Waals surface area contributed by atoms with Crippen molar-refractivity contribution in [2.75, 3.05) is 0 Å². The highest BCUT2D eigenvalue weighted by Gasteiger charge is 2.03. The topological polar surface area (TPSA) is 41.8 Å². The number of hydrogen-bond donors (Lipinski definition) is 1. The Labute approximate surface area is 126 Å². The van der Waals surface area contributed by atoms with E-state index in [2.05, 4.69) is 46.8 Å². The Kier molecular flexibility index (Phi) is 4.79. The zero-order chi connectivity index (χ0) is 13.7. The molecule has 0 spiro atoms. The van der Waals surface area contributed by atoms with Crippen molar-refractivity contribution < 1.29 is 9.94 Å². The summed E-state index contributed by atoms with van der Waals surface area (Å²) in [4.78, 5) is 0. The van der Waals surface area contributed by atoms with E-state index in [9.17, 15) is 0 Å². The lowest BCUT2D eigenvalue weighted by atomic mass is 10.1. The highest BCUT2D eigenvalue weighted by Crippen LogP contribution is 2.23. The molecule has 1 N–H and O–H groups in total. The fraction of sp³-hybridized carbons (Fsp3) is 0.133. The SMILES string of the molecule is Cc1ccccc1COc1ccc(/C=N\O)cc1I. The molecule has 0 aliphatic carbocycles. The van der Waals surface area contributed by atoms with Gasteiger partial charge in [-0.1, -0.05) is 29.4 Å². The number of halogens is 1. The highest BCUT2D eigenvalue weighted by molar-refractivity contribution is 14.1. The summed E-state index contributed by atoms with van der Waals surface area (Å²) in [7, 11) is 0. The Morgan fingerprint density at radius 1 is 1.26 bits per heavy atom. The van der Waals surface area contributed by atoms with Crippen LogP contribution in [0, 0.1) is 10.5 Å². The number of rotatable bonds is 4. The van der Waals surface area contributed by atoms with E-state index in [1.54, 1.807) is 0 Å². The summed E-state index contributed by atoms with van der Waals surface area (Å²) < 4.78 is 6.81. The lowest BCUT2D eigenvalue weighted by Crippen LogP contribution is -1.99. The molecule has 19 heavy (non-hydrogen) atoms. The summed E-state index contributed by atoms with van der Waals surface area (Å²) in [5, 5.41) is 11.5. The summed E-state index contributed by atoms with van der Waals surface area (Å²) in [5.74, 6) is 0.832. The second kappa shape index (κ2) is 6.56. The van der Waals surface area contributed by atoms with Crippen molar-refractivity contribution in [3.63, 3.8) is 0 Å². The standard InChI is InChI=1S/C15H14INO2/c1-11-4-2-3-5-13(11)10-19-15-7-6-12(9-17-18)8-14(15)16/h2-9,18H,10H2,1H3/b17-9-. The van der Waals surface area contributed by atoms with Gasteiger partial charge < -0.3 is 9.94 Å². The molecule has 2 aromatic rings. The average Bonchev–Trinajstić information content (AvgIpc) is 2.40. The summed E-state index contributed by atoms with van der Waals surface area (Å²) in [6.07, 6.45) is 1.40. The molecule has 0 unspecified atom stereocenters. The van der Waals surface area contributed by atoms with Crippen molar-refractivity contribution in [3.8, 4) is 5.75 Å². The second-order valence-corrected chi connectivity index (χ2v) is 5.31. The maximum atomic E-state index is 8.50. The van der Waals surface area contributed by atoms with Gasteiger partial charge in [0.25, 0.3) is 0 Å². The van der Waals surface area contributed by atoms with Crippen molar-refractivity contribution in [1.82, 2.24) is 0 Å². The first-order valence-corrected chi connectivity index (χ1v) is 6.93. The van der Waals surface area contributed by atoms with Gasteiger partial charge in [-0.25, -0.2) is 0 Å². The van der Waals surface area contributed by atoms with E-state index in [4.69, 9.17) is 9.94 Å². The van der Waals surface area contributed by atoms with Gasteiger partial charge >= 0.3 is 0 Å². The van der Waals surface area contributed by atoms with E-state index in [0.29, 0.717) is 6.61 Å². The largest absolute Gasteiger partial charge is 0.488 e. The Bertz CT molecular complexity index is 596. The molecule has 2 rings (SSSR count). The monoisotopic (exact) mass is 367 g/mol. The Hall–Kier alpha value is -1.56. The van der Waals surface area contributed by atoms with Crippen LogP contribution in [0.1, 0.15) is 16.7 Å². The van der Waals surface area contributed by atoms with Crippen LogP contribution in [0.15, 0.2) is 47.6 Å². The van der Waals surface area contributed by atoms with Crippen LogP contribution in [-0.2, 0) is 6.61 Å². The number of aryl methyl sites for hydroxylation is 1. The van der Waals surface area contributed by atoms with E-state index in [-0.39, 0.29) is 0 Å². The lowest BCUT2D eigenvalue weighted by Gasteiger charge is -2.10. The van der Waals surface area contributed by atoms with Crippen LogP contribution in [-0.4, -0.2) is 11.4 Å². The lowest BCUT2D eigenvalue weighted by molar-refractivity contribution is 0.303. The van der Waals surface area contributed by atoms with E-state index in [1.807, 2.05) is 30.3 Å². The third kappa shape index (κ3) is 3.70. The van der Waals surface area contributed by atoms with Crippen molar-refractivity contribution >= 4 is 28.8 Å². The van der Waals surface area contributed by atoms with Crippen LogP contribution in [0.25, 0.3) is 0 Å². The molecule has 0 amide bonds. The molecular formula is C15H14INO2. The predicted molar refractivity (Wildman–Crippen MR) is 84.1 cm³/mol. The van der Waals surface area contributed by atoms with Crippen molar-refractivity contribution in [2.24, 2.45) is 5.16 Å². The molecular weight excluding hydrogens is 353 g/mol. The van der Waals surface area contributed by atoms with Crippen molar-refractivity contribution in [3.05, 3.63) is 62.7 Å². The fourth-order valence-corrected chi connectivity index (χ4v) is 2.40. The molecule has 0 bridgehead atoms. The van der Waals surface area contributed by atoms with E-state index < -0.39 is 0 Å². The number of oxime groups is 1. The molecule has 0 atom stereocenters. The summed E-state index contributed by atoms with van der Waals surface area (Å²) >= 11 is 2.21. The van der Waals surface area contributed by atoms with Gasteiger partial charge in [0.1, 0.15) is 12.4 Å². The van der Waals surface area contributed by atoms with Gasteiger partial charge in [-0.2, -0.15) is 0 Å². The van der Waals surface area contributed by atoms with Crippen LogP contribution in [0.4, 0.5) is 0 Å². The van der Waals surface area contributed by atoms with Gasteiger partial charge in [-0.15, -0.1) is 0 Å². The highest BCUT2D eigenvalue weighted by atomic mass is 127. The van der Waals surface area contributed by atoms with Gasteiger partial charge in [0.15, 0.2) is 0 Å². The van der Waals surface area contributed by atoms with Gasteiger partial charge in [0.05, 0.1) is 9.78 Å². The maximum Gasteiger partial charge on any atom is 0.133 e. The Morgan fingerprint density at radius 2 is 2.05 bits per heavy atom. The third-order valence-corrected chi connectivity index (χ3v) is 3.65. The fourth-order valence-electron chi connectivity index (χ4n) is 1.71. The smallest absolute Gasteiger partial charge is 0.133 e. The molecule has 0 aliphatic heterocycles. The number of ether oxygens (including phenoxy) is 1. The number of nitrogens with zero attached hydrogens (tertiary/aromatic N) is 1. The normalized spacial score (nSPS) is 10.8. The maximum absolute atomic E-state index is 8.50. The van der Waals surface area contributed by atoms with Gasteiger partial charge in [0, 0.05) is 0 Å². The van der Waals surface area contributed by atoms with E-state index >= 15 is 0 Å². The summed E-state index contributed by atoms with van der Waals surface area (Å²) in [5.41, 5.74) is 3.25. The van der Waals surface area contributed by atoms with E-state index in [1.165, 1.54) is 17.3 Å². The first kappa shape index (κ1) is 13.9. The van der Waals surface area contributed by atoms with Gasteiger partial charge in [0.2, 0.25) is 0 Å². The van der Waals surface area contributed by atoms with Gasteiger partial charge in [-0.3, -0.25) is 0 Å². The van der Waals surface area contributed by atoms with Crippen LogP contribution >= 0.6 is 22.6 Å². The molecule has 0 radical (unpaired) electrons. The first-order valence-electron chi connectivity index (χ1n) is 5.85. The minimum Gasteiger partial charge on any atom is -0.488 e. The molecule has 0 aromatic heterocycles. The Balaban J connectivity index is 2.10. The minimum atomic E-state index is 0.552. The molecule has 0 fully saturated rings.